The Hall–Kier alpha value is -0.860. The molecule has 0 aromatic heterocycles. The van der Waals surface area contributed by atoms with E-state index < -0.39 is 0 Å². The number of ether oxygens (including phenoxy) is 1. The summed E-state index contributed by atoms with van der Waals surface area (Å²) >= 11 is 0. The SMILES string of the molecule is COCCCC(CO)c1ccccc1C. The van der Waals surface area contributed by atoms with E-state index in [2.05, 4.69) is 19.1 Å². The minimum atomic E-state index is 0.217. The highest BCUT2D eigenvalue weighted by molar-refractivity contribution is 5.29. The van der Waals surface area contributed by atoms with Gasteiger partial charge >= 0.3 is 0 Å². The van der Waals surface area contributed by atoms with Gasteiger partial charge in [-0.15, -0.1) is 0 Å². The second-order valence-corrected chi connectivity index (χ2v) is 3.87. The molecule has 0 bridgehead atoms. The average Bonchev–Trinajstić information content (AvgIpc) is 2.26. The maximum atomic E-state index is 9.36. The maximum absolute atomic E-state index is 9.36. The van der Waals surface area contributed by atoms with Crippen LogP contribution in [0.2, 0.25) is 0 Å². The monoisotopic (exact) mass is 208 g/mol. The molecule has 0 spiro atoms. The Morgan fingerprint density at radius 1 is 1.33 bits per heavy atom. The Morgan fingerprint density at radius 2 is 2.07 bits per heavy atom. The smallest absolute Gasteiger partial charge is 0.0499 e. The van der Waals surface area contributed by atoms with Crippen LogP contribution >= 0.6 is 0 Å². The van der Waals surface area contributed by atoms with Gasteiger partial charge in [-0.1, -0.05) is 24.3 Å². The van der Waals surface area contributed by atoms with E-state index in [-0.39, 0.29) is 12.5 Å². The predicted molar refractivity (Wildman–Crippen MR) is 62.1 cm³/mol. The largest absolute Gasteiger partial charge is 0.396 e. The lowest BCUT2D eigenvalue weighted by Gasteiger charge is -2.16. The Balaban J connectivity index is 2.61. The highest BCUT2D eigenvalue weighted by atomic mass is 16.5. The summed E-state index contributed by atoms with van der Waals surface area (Å²) in [5.74, 6) is 0.251. The van der Waals surface area contributed by atoms with Crippen LogP contribution in [0.25, 0.3) is 0 Å². The van der Waals surface area contributed by atoms with Crippen molar-refractivity contribution in [3.8, 4) is 0 Å². The van der Waals surface area contributed by atoms with Crippen LogP contribution in [0.1, 0.15) is 29.9 Å². The summed E-state index contributed by atoms with van der Waals surface area (Å²) in [5, 5.41) is 9.36. The zero-order chi connectivity index (χ0) is 11.1. The highest BCUT2D eigenvalue weighted by Crippen LogP contribution is 2.23. The third-order valence-corrected chi connectivity index (χ3v) is 2.75. The summed E-state index contributed by atoms with van der Waals surface area (Å²) in [6.07, 6.45) is 1.98. The van der Waals surface area contributed by atoms with E-state index in [4.69, 9.17) is 4.74 Å². The van der Waals surface area contributed by atoms with Crippen molar-refractivity contribution in [2.75, 3.05) is 20.3 Å². The van der Waals surface area contributed by atoms with Crippen molar-refractivity contribution in [2.24, 2.45) is 0 Å². The van der Waals surface area contributed by atoms with Crippen molar-refractivity contribution in [1.82, 2.24) is 0 Å². The van der Waals surface area contributed by atoms with Crippen molar-refractivity contribution in [2.45, 2.75) is 25.7 Å². The standard InChI is InChI=1S/C13H20O2/c1-11-6-3-4-8-13(11)12(10-14)7-5-9-15-2/h3-4,6,8,12,14H,5,7,9-10H2,1-2H3. The minimum Gasteiger partial charge on any atom is -0.396 e. The van der Waals surface area contributed by atoms with Crippen LogP contribution in [-0.2, 0) is 4.74 Å². The lowest BCUT2D eigenvalue weighted by Crippen LogP contribution is -2.07. The van der Waals surface area contributed by atoms with Crippen LogP contribution in [-0.4, -0.2) is 25.4 Å². The van der Waals surface area contributed by atoms with E-state index in [0.717, 1.165) is 19.4 Å². The fourth-order valence-electron chi connectivity index (χ4n) is 1.86. The van der Waals surface area contributed by atoms with E-state index in [0.29, 0.717) is 0 Å². The molecule has 0 heterocycles. The summed E-state index contributed by atoms with van der Waals surface area (Å²) < 4.78 is 5.02. The molecule has 0 amide bonds. The van der Waals surface area contributed by atoms with E-state index in [1.165, 1.54) is 11.1 Å². The minimum absolute atomic E-state index is 0.217. The van der Waals surface area contributed by atoms with Crippen LogP contribution in [0.4, 0.5) is 0 Å². The molecule has 1 N–H and O–H groups in total. The molecule has 0 aliphatic heterocycles. The van der Waals surface area contributed by atoms with Gasteiger partial charge in [0, 0.05) is 26.2 Å². The van der Waals surface area contributed by atoms with Crippen molar-refractivity contribution in [1.29, 1.82) is 0 Å². The average molecular weight is 208 g/mol. The summed E-state index contributed by atoms with van der Waals surface area (Å²) in [4.78, 5) is 0. The summed E-state index contributed by atoms with van der Waals surface area (Å²) in [5.41, 5.74) is 2.52. The first-order valence-corrected chi connectivity index (χ1v) is 5.45. The lowest BCUT2D eigenvalue weighted by molar-refractivity contribution is 0.182. The fourth-order valence-corrected chi connectivity index (χ4v) is 1.86. The molecule has 0 saturated carbocycles. The van der Waals surface area contributed by atoms with Gasteiger partial charge in [0.15, 0.2) is 0 Å². The predicted octanol–water partition coefficient (Wildman–Crippen LogP) is 2.50. The molecule has 1 atom stereocenters. The van der Waals surface area contributed by atoms with Gasteiger partial charge in [-0.05, 0) is 30.9 Å². The number of aliphatic hydroxyl groups is 1. The Kier molecular flexibility index (Phi) is 5.37. The first-order chi connectivity index (χ1) is 7.29. The van der Waals surface area contributed by atoms with Crippen molar-refractivity contribution in [3.63, 3.8) is 0 Å². The number of rotatable bonds is 6. The fraction of sp³-hybridized carbons (Fsp3) is 0.538. The van der Waals surface area contributed by atoms with E-state index in [1.807, 2.05) is 12.1 Å². The van der Waals surface area contributed by atoms with Crippen LogP contribution in [0.3, 0.4) is 0 Å². The number of aliphatic hydroxyl groups excluding tert-OH is 1. The van der Waals surface area contributed by atoms with E-state index >= 15 is 0 Å². The molecule has 0 aliphatic rings. The number of benzene rings is 1. The van der Waals surface area contributed by atoms with Gasteiger partial charge < -0.3 is 9.84 Å². The molecule has 0 fully saturated rings. The van der Waals surface area contributed by atoms with Crippen molar-refractivity contribution in [3.05, 3.63) is 35.4 Å². The number of hydrogen-bond donors (Lipinski definition) is 1. The molecule has 0 aliphatic carbocycles. The normalized spacial score (nSPS) is 12.7. The Morgan fingerprint density at radius 3 is 2.67 bits per heavy atom. The summed E-state index contributed by atoms with van der Waals surface area (Å²) in [6, 6.07) is 8.25. The molecule has 1 unspecified atom stereocenters. The van der Waals surface area contributed by atoms with Crippen molar-refractivity contribution < 1.29 is 9.84 Å². The molecule has 1 rings (SSSR count). The van der Waals surface area contributed by atoms with Crippen LogP contribution in [0.15, 0.2) is 24.3 Å². The zero-order valence-corrected chi connectivity index (χ0v) is 9.57. The van der Waals surface area contributed by atoms with Gasteiger partial charge in [-0.3, -0.25) is 0 Å². The van der Waals surface area contributed by atoms with Gasteiger partial charge in [-0.2, -0.15) is 0 Å². The van der Waals surface area contributed by atoms with Crippen molar-refractivity contribution >= 4 is 0 Å². The van der Waals surface area contributed by atoms with Gasteiger partial charge in [-0.25, -0.2) is 0 Å². The van der Waals surface area contributed by atoms with Crippen LogP contribution < -0.4 is 0 Å². The maximum Gasteiger partial charge on any atom is 0.0499 e. The second kappa shape index (κ2) is 6.59. The van der Waals surface area contributed by atoms with Crippen LogP contribution in [0.5, 0.6) is 0 Å². The highest BCUT2D eigenvalue weighted by Gasteiger charge is 2.11. The summed E-state index contributed by atoms with van der Waals surface area (Å²) in [6.45, 7) is 3.07. The molecule has 15 heavy (non-hydrogen) atoms. The zero-order valence-electron chi connectivity index (χ0n) is 9.57. The molecular formula is C13H20O2. The molecule has 1 aromatic carbocycles. The molecule has 0 radical (unpaired) electrons. The second-order valence-electron chi connectivity index (χ2n) is 3.87. The molecule has 2 heteroatoms. The number of aryl methyl sites for hydroxylation is 1. The van der Waals surface area contributed by atoms with Gasteiger partial charge in [0.1, 0.15) is 0 Å². The third-order valence-electron chi connectivity index (χ3n) is 2.75. The van der Waals surface area contributed by atoms with Gasteiger partial charge in [0.05, 0.1) is 0 Å². The first-order valence-electron chi connectivity index (χ1n) is 5.45. The van der Waals surface area contributed by atoms with E-state index in [9.17, 15) is 5.11 Å². The Labute approximate surface area is 91.9 Å². The molecule has 84 valence electrons. The van der Waals surface area contributed by atoms with E-state index in [1.54, 1.807) is 7.11 Å². The number of hydrogen-bond acceptors (Lipinski definition) is 2. The van der Waals surface area contributed by atoms with Gasteiger partial charge in [0.25, 0.3) is 0 Å². The first kappa shape index (κ1) is 12.2. The quantitative estimate of drug-likeness (QED) is 0.728. The molecule has 2 nitrogen and oxygen atoms in total. The third kappa shape index (κ3) is 3.65. The molecule has 0 saturated heterocycles. The Bertz CT molecular complexity index is 284. The van der Waals surface area contributed by atoms with Gasteiger partial charge in [0.2, 0.25) is 0 Å². The topological polar surface area (TPSA) is 29.5 Å². The number of methoxy groups -OCH3 is 1. The molecular weight excluding hydrogens is 188 g/mol. The van der Waals surface area contributed by atoms with Crippen LogP contribution in [0, 0.1) is 6.92 Å². The lowest BCUT2D eigenvalue weighted by atomic mass is 9.92. The molecule has 1 aromatic rings. The summed E-state index contributed by atoms with van der Waals surface area (Å²) in [7, 11) is 1.71.